The molecule has 5 nitrogen and oxygen atoms in total. The highest BCUT2D eigenvalue weighted by molar-refractivity contribution is 6.90. The number of benzene rings is 1. The Morgan fingerprint density at radius 3 is 2.19 bits per heavy atom. The predicted octanol–water partition coefficient (Wildman–Crippen LogP) is 4.86. The van der Waals surface area contributed by atoms with Crippen molar-refractivity contribution in [3.05, 3.63) is 57.9 Å². The maximum atomic E-state index is 14.0. The lowest BCUT2D eigenvalue weighted by Gasteiger charge is -2.52. The molecule has 4 amide bonds. The van der Waals surface area contributed by atoms with Crippen LogP contribution in [0.15, 0.2) is 52.4 Å². The average molecular weight is 453 g/mol. The Morgan fingerprint density at radius 1 is 0.968 bits per heavy atom. The number of nitrogens with zero attached hydrogens (tertiary/aromatic N) is 2. The third-order valence-electron chi connectivity index (χ3n) is 6.59. The summed E-state index contributed by atoms with van der Waals surface area (Å²) < 4.78 is 0. The van der Waals surface area contributed by atoms with Gasteiger partial charge in [-0.2, -0.15) is 4.90 Å². The topological polar surface area (TPSA) is 57.7 Å². The van der Waals surface area contributed by atoms with Crippen molar-refractivity contribution in [3.8, 4) is 0 Å². The van der Waals surface area contributed by atoms with Gasteiger partial charge in [-0.15, -0.1) is 0 Å². The molecule has 164 valence electrons. The van der Waals surface area contributed by atoms with E-state index in [4.69, 9.17) is 0 Å². The van der Waals surface area contributed by atoms with Gasteiger partial charge in [0, 0.05) is 12.1 Å². The highest BCUT2D eigenvalue weighted by Gasteiger charge is 2.56. The van der Waals surface area contributed by atoms with Gasteiger partial charge in [-0.1, -0.05) is 73.9 Å². The Hall–Kier alpha value is -2.26. The van der Waals surface area contributed by atoms with Gasteiger partial charge in [0.05, 0.1) is 28.1 Å². The van der Waals surface area contributed by atoms with Gasteiger partial charge in [-0.25, -0.2) is 4.79 Å². The normalized spacial score (nSPS) is 24.3. The number of hydrogen-bond donors (Lipinski definition) is 0. The lowest BCUT2D eigenvalue weighted by molar-refractivity contribution is -0.134. The molecule has 7 heteroatoms. The second kappa shape index (κ2) is 7.41. The van der Waals surface area contributed by atoms with Crippen LogP contribution in [0.25, 0.3) is 0 Å². The lowest BCUT2D eigenvalue weighted by Crippen LogP contribution is -2.67. The molecule has 2 atom stereocenters. The molecule has 3 aliphatic rings. The van der Waals surface area contributed by atoms with E-state index >= 15 is 0 Å². The molecule has 2 heterocycles. The van der Waals surface area contributed by atoms with Crippen molar-refractivity contribution < 1.29 is 14.4 Å². The molecule has 2 saturated heterocycles. The Labute approximate surface area is 186 Å². The fourth-order valence-corrected chi connectivity index (χ4v) is 11.2. The SMILES string of the molecule is C[Si](C)(C)C1=C([Si](C)(C)C)[C@H]2C(=O)N(C(=O)c3ccccc3)C(=O)N3CCCC(=C1)[C@@H]23. The van der Waals surface area contributed by atoms with E-state index in [-0.39, 0.29) is 11.9 Å². The van der Waals surface area contributed by atoms with Gasteiger partial charge in [-0.05, 0) is 30.5 Å². The second-order valence-electron chi connectivity index (χ2n) is 10.9. The number of allylic oxidation sites excluding steroid dienone is 2. The second-order valence-corrected chi connectivity index (χ2v) is 21.0. The number of piperidine rings is 1. The van der Waals surface area contributed by atoms with Gasteiger partial charge in [0.15, 0.2) is 0 Å². The molecular weight excluding hydrogens is 420 g/mol. The fourth-order valence-electron chi connectivity index (χ4n) is 5.30. The Morgan fingerprint density at radius 2 is 1.61 bits per heavy atom. The van der Waals surface area contributed by atoms with E-state index in [1.165, 1.54) is 16.0 Å². The van der Waals surface area contributed by atoms with Gasteiger partial charge in [0.2, 0.25) is 5.91 Å². The third kappa shape index (κ3) is 3.57. The molecule has 2 aliphatic heterocycles. The van der Waals surface area contributed by atoms with E-state index in [0.29, 0.717) is 12.1 Å². The first kappa shape index (κ1) is 22.0. The summed E-state index contributed by atoms with van der Waals surface area (Å²) in [6.45, 7) is 14.4. The molecule has 0 unspecified atom stereocenters. The van der Waals surface area contributed by atoms with Crippen LogP contribution in [-0.4, -0.2) is 56.4 Å². The summed E-state index contributed by atoms with van der Waals surface area (Å²) in [4.78, 5) is 43.5. The number of hydrogen-bond acceptors (Lipinski definition) is 3. The molecule has 4 rings (SSSR count). The van der Waals surface area contributed by atoms with Crippen molar-refractivity contribution in [2.45, 2.75) is 58.2 Å². The first-order valence-corrected chi connectivity index (χ1v) is 18.1. The van der Waals surface area contributed by atoms with Gasteiger partial charge >= 0.3 is 6.03 Å². The summed E-state index contributed by atoms with van der Waals surface area (Å²) in [6, 6.07) is 7.98. The van der Waals surface area contributed by atoms with Crippen LogP contribution in [0.1, 0.15) is 23.2 Å². The number of imide groups is 3. The van der Waals surface area contributed by atoms with Crippen LogP contribution < -0.4 is 0 Å². The van der Waals surface area contributed by atoms with Crippen molar-refractivity contribution in [2.24, 2.45) is 5.92 Å². The molecule has 2 fully saturated rings. The summed E-state index contributed by atoms with van der Waals surface area (Å²) in [5.74, 6) is -1.28. The minimum Gasteiger partial charge on any atom is -0.316 e. The Kier molecular flexibility index (Phi) is 5.25. The quantitative estimate of drug-likeness (QED) is 0.486. The minimum absolute atomic E-state index is 0.226. The van der Waals surface area contributed by atoms with Gasteiger partial charge in [-0.3, -0.25) is 9.59 Å². The number of carbonyl (C=O) groups excluding carboxylic acids is 3. The van der Waals surface area contributed by atoms with Crippen LogP contribution in [0.4, 0.5) is 4.79 Å². The molecule has 0 aromatic heterocycles. The maximum Gasteiger partial charge on any atom is 0.334 e. The van der Waals surface area contributed by atoms with Crippen molar-refractivity contribution in [3.63, 3.8) is 0 Å². The number of carbonyl (C=O) groups is 3. The van der Waals surface area contributed by atoms with Crippen molar-refractivity contribution >= 4 is 34.0 Å². The summed E-state index contributed by atoms with van der Waals surface area (Å²) in [6.07, 6.45) is 4.11. The van der Waals surface area contributed by atoms with Gasteiger partial charge < -0.3 is 4.90 Å². The van der Waals surface area contributed by atoms with Crippen LogP contribution in [0.5, 0.6) is 0 Å². The zero-order valence-electron chi connectivity index (χ0n) is 19.4. The molecule has 0 N–H and O–H groups in total. The zero-order valence-corrected chi connectivity index (χ0v) is 21.4. The maximum absolute atomic E-state index is 14.0. The minimum atomic E-state index is -1.92. The largest absolute Gasteiger partial charge is 0.334 e. The fraction of sp³-hybridized carbons (Fsp3) is 0.458. The monoisotopic (exact) mass is 452 g/mol. The Bertz CT molecular complexity index is 1020. The van der Waals surface area contributed by atoms with E-state index in [1.54, 1.807) is 29.2 Å². The molecule has 0 bridgehead atoms. The average Bonchev–Trinajstić information content (AvgIpc) is 2.70. The lowest BCUT2D eigenvalue weighted by atomic mass is 9.79. The van der Waals surface area contributed by atoms with Crippen molar-refractivity contribution in [2.75, 3.05) is 6.54 Å². The first-order chi connectivity index (χ1) is 14.4. The van der Waals surface area contributed by atoms with Crippen LogP contribution in [0, 0.1) is 5.92 Å². The number of rotatable bonds is 3. The molecule has 1 aromatic rings. The molecule has 0 radical (unpaired) electrons. The van der Waals surface area contributed by atoms with Crippen LogP contribution in [-0.2, 0) is 4.79 Å². The van der Waals surface area contributed by atoms with Gasteiger partial charge in [0.1, 0.15) is 0 Å². The van der Waals surface area contributed by atoms with Crippen molar-refractivity contribution in [1.82, 2.24) is 9.80 Å². The van der Waals surface area contributed by atoms with Gasteiger partial charge in [0.25, 0.3) is 5.91 Å². The summed E-state index contributed by atoms with van der Waals surface area (Å²) in [5, 5.41) is 2.61. The zero-order chi connectivity index (χ0) is 22.7. The molecule has 0 saturated carbocycles. The Balaban J connectivity index is 1.91. The molecular formula is C24H32N2O3Si2. The van der Waals surface area contributed by atoms with Crippen LogP contribution in [0.2, 0.25) is 39.3 Å². The molecule has 0 spiro atoms. The number of urea groups is 1. The number of amides is 4. The van der Waals surface area contributed by atoms with Crippen LogP contribution in [0.3, 0.4) is 0 Å². The summed E-state index contributed by atoms with van der Waals surface area (Å²) in [7, 11) is -3.66. The smallest absolute Gasteiger partial charge is 0.316 e. The molecule has 1 aliphatic carbocycles. The third-order valence-corrected chi connectivity index (χ3v) is 11.1. The van der Waals surface area contributed by atoms with E-state index in [2.05, 4.69) is 45.4 Å². The van der Waals surface area contributed by atoms with E-state index in [9.17, 15) is 14.4 Å². The predicted molar refractivity (Wildman–Crippen MR) is 128 cm³/mol. The van der Waals surface area contributed by atoms with E-state index < -0.39 is 34.0 Å². The van der Waals surface area contributed by atoms with E-state index in [1.807, 2.05) is 6.07 Å². The molecule has 1 aromatic carbocycles. The van der Waals surface area contributed by atoms with Crippen LogP contribution >= 0.6 is 0 Å². The summed E-state index contributed by atoms with van der Waals surface area (Å²) >= 11 is 0. The summed E-state index contributed by atoms with van der Waals surface area (Å²) in [5.41, 5.74) is 1.57. The highest BCUT2D eigenvalue weighted by Crippen LogP contribution is 2.47. The first-order valence-electron chi connectivity index (χ1n) is 11.1. The molecule has 31 heavy (non-hydrogen) atoms. The van der Waals surface area contributed by atoms with E-state index in [0.717, 1.165) is 17.7 Å². The standard InChI is InChI=1S/C24H32N2O3Si2/c1-30(2,3)18-15-17-13-10-14-25-20(17)19(21(18)31(4,5)6)23(28)26(24(25)29)22(27)16-11-8-7-9-12-16/h7-9,11-12,15,19-20H,10,13-14H2,1-6H3/t19-,20-/m0/s1. The highest BCUT2D eigenvalue weighted by atomic mass is 28.3. The van der Waals surface area contributed by atoms with Crippen molar-refractivity contribution in [1.29, 1.82) is 0 Å².